The van der Waals surface area contributed by atoms with Gasteiger partial charge in [-0.3, -0.25) is 9.48 Å². The van der Waals surface area contributed by atoms with E-state index >= 15 is 0 Å². The van der Waals surface area contributed by atoms with Gasteiger partial charge in [0.25, 0.3) is 5.91 Å². The predicted octanol–water partition coefficient (Wildman–Crippen LogP) is 0.605. The third kappa shape index (κ3) is 1.47. The molecule has 0 aliphatic rings. The number of carbonyl (C=O) groups excluding carboxylic acids is 1. The van der Waals surface area contributed by atoms with Crippen LogP contribution >= 0.6 is 0 Å². The van der Waals surface area contributed by atoms with Crippen LogP contribution in [0.3, 0.4) is 0 Å². The topological polar surface area (TPSA) is 38.1 Å². The van der Waals surface area contributed by atoms with Gasteiger partial charge in [0, 0.05) is 26.8 Å². The van der Waals surface area contributed by atoms with Gasteiger partial charge in [-0.15, -0.1) is 0 Å². The summed E-state index contributed by atoms with van der Waals surface area (Å²) in [6.45, 7) is 2.68. The molecule has 0 fully saturated rings. The average molecular weight is 167 g/mol. The normalized spacial score (nSPS) is 9.92. The fourth-order valence-electron chi connectivity index (χ4n) is 0.995. The second-order valence-corrected chi connectivity index (χ2v) is 2.73. The molecule has 1 amide bonds. The van der Waals surface area contributed by atoms with Gasteiger partial charge in [0.1, 0.15) is 5.69 Å². The van der Waals surface area contributed by atoms with Crippen LogP contribution in [0.2, 0.25) is 0 Å². The minimum absolute atomic E-state index is 0.00523. The zero-order valence-electron chi connectivity index (χ0n) is 7.61. The van der Waals surface area contributed by atoms with Crippen molar-refractivity contribution in [2.24, 2.45) is 0 Å². The molecule has 0 radical (unpaired) electrons. The first-order chi connectivity index (χ1) is 5.66. The van der Waals surface area contributed by atoms with Crippen molar-refractivity contribution in [1.29, 1.82) is 0 Å². The zero-order chi connectivity index (χ0) is 9.14. The molecule has 1 rings (SSSR count). The van der Waals surface area contributed by atoms with Crippen molar-refractivity contribution in [1.82, 2.24) is 14.7 Å². The van der Waals surface area contributed by atoms with E-state index in [1.807, 2.05) is 6.92 Å². The summed E-state index contributed by atoms with van der Waals surface area (Å²) in [5.74, 6) is -0.00523. The average Bonchev–Trinajstić information content (AvgIpc) is 2.49. The molecule has 0 saturated heterocycles. The summed E-state index contributed by atoms with van der Waals surface area (Å²) >= 11 is 0. The number of hydrogen-bond donors (Lipinski definition) is 0. The first-order valence-corrected chi connectivity index (χ1v) is 3.90. The highest BCUT2D eigenvalue weighted by molar-refractivity contribution is 5.92. The lowest BCUT2D eigenvalue weighted by atomic mass is 10.4. The van der Waals surface area contributed by atoms with Gasteiger partial charge >= 0.3 is 0 Å². The van der Waals surface area contributed by atoms with E-state index in [1.165, 1.54) is 0 Å². The van der Waals surface area contributed by atoms with Crippen LogP contribution in [0.25, 0.3) is 0 Å². The van der Waals surface area contributed by atoms with Gasteiger partial charge in [-0.05, 0) is 13.0 Å². The lowest BCUT2D eigenvalue weighted by molar-refractivity contribution is 0.0815. The second-order valence-electron chi connectivity index (χ2n) is 2.73. The molecule has 0 bridgehead atoms. The van der Waals surface area contributed by atoms with Gasteiger partial charge in [-0.1, -0.05) is 0 Å². The molecule has 0 unspecified atom stereocenters. The number of carbonyl (C=O) groups is 1. The van der Waals surface area contributed by atoms with E-state index in [-0.39, 0.29) is 5.91 Å². The molecule has 0 aliphatic heterocycles. The Balaban J connectivity index is 2.94. The van der Waals surface area contributed by atoms with Crippen molar-refractivity contribution in [3.05, 3.63) is 18.0 Å². The van der Waals surface area contributed by atoms with Crippen molar-refractivity contribution >= 4 is 5.91 Å². The maximum atomic E-state index is 11.5. The molecule has 12 heavy (non-hydrogen) atoms. The molecule has 0 spiro atoms. The molecule has 4 heteroatoms. The van der Waals surface area contributed by atoms with E-state index in [0.717, 1.165) is 6.54 Å². The van der Waals surface area contributed by atoms with Crippen LogP contribution in [0.5, 0.6) is 0 Å². The molecule has 1 aromatic heterocycles. The summed E-state index contributed by atoms with van der Waals surface area (Å²) in [7, 11) is 3.46. The number of nitrogens with zero attached hydrogens (tertiary/aromatic N) is 3. The Morgan fingerprint density at radius 3 is 2.83 bits per heavy atom. The van der Waals surface area contributed by atoms with Crippen LogP contribution in [0.4, 0.5) is 0 Å². The lowest BCUT2D eigenvalue weighted by Gasteiger charge is -2.10. The van der Waals surface area contributed by atoms with Crippen LogP contribution in [0.1, 0.15) is 17.4 Å². The molecular formula is C8H13N3O. The number of rotatable bonds is 2. The van der Waals surface area contributed by atoms with Crippen molar-refractivity contribution in [3.63, 3.8) is 0 Å². The van der Waals surface area contributed by atoms with Gasteiger partial charge < -0.3 is 4.90 Å². The maximum Gasteiger partial charge on any atom is 0.271 e. The lowest BCUT2D eigenvalue weighted by Crippen LogP contribution is -2.24. The fourth-order valence-corrected chi connectivity index (χ4v) is 0.995. The fraction of sp³-hybridized carbons (Fsp3) is 0.500. The van der Waals surface area contributed by atoms with Gasteiger partial charge in [0.15, 0.2) is 0 Å². The van der Waals surface area contributed by atoms with E-state index in [4.69, 9.17) is 0 Å². The number of amides is 1. The van der Waals surface area contributed by atoms with Crippen molar-refractivity contribution in [2.75, 3.05) is 14.1 Å². The minimum Gasteiger partial charge on any atom is -0.343 e. The number of hydrogen-bond acceptors (Lipinski definition) is 2. The third-order valence-electron chi connectivity index (χ3n) is 1.64. The summed E-state index contributed by atoms with van der Waals surface area (Å²) in [5, 5.41) is 4.01. The highest BCUT2D eigenvalue weighted by atomic mass is 16.2. The summed E-state index contributed by atoms with van der Waals surface area (Å²) in [6.07, 6.45) is 1.64. The van der Waals surface area contributed by atoms with E-state index in [9.17, 15) is 4.79 Å². The standard InChI is InChI=1S/C8H13N3O/c1-4-11-7(5-6-9-11)8(12)10(2)3/h5-6H,4H2,1-3H3. The SMILES string of the molecule is CCn1nccc1C(=O)N(C)C. The molecule has 0 atom stereocenters. The third-order valence-corrected chi connectivity index (χ3v) is 1.64. The molecule has 1 heterocycles. The Labute approximate surface area is 71.8 Å². The van der Waals surface area contributed by atoms with Crippen molar-refractivity contribution in [2.45, 2.75) is 13.5 Å². The number of aromatic nitrogens is 2. The van der Waals surface area contributed by atoms with E-state index in [2.05, 4.69) is 5.10 Å². The van der Waals surface area contributed by atoms with E-state index in [0.29, 0.717) is 5.69 Å². The predicted molar refractivity (Wildman–Crippen MR) is 45.9 cm³/mol. The Morgan fingerprint density at radius 1 is 1.67 bits per heavy atom. The summed E-state index contributed by atoms with van der Waals surface area (Å²) in [4.78, 5) is 13.0. The Bertz CT molecular complexity index is 278. The zero-order valence-corrected chi connectivity index (χ0v) is 7.61. The quantitative estimate of drug-likeness (QED) is 0.647. The van der Waals surface area contributed by atoms with Crippen LogP contribution in [0, 0.1) is 0 Å². The molecule has 0 aliphatic carbocycles. The van der Waals surface area contributed by atoms with Crippen LogP contribution in [-0.2, 0) is 6.54 Å². The van der Waals surface area contributed by atoms with E-state index in [1.54, 1.807) is 35.9 Å². The molecular weight excluding hydrogens is 154 g/mol. The first-order valence-electron chi connectivity index (χ1n) is 3.90. The van der Waals surface area contributed by atoms with Gasteiger partial charge in [-0.25, -0.2) is 0 Å². The molecule has 66 valence electrons. The Hall–Kier alpha value is -1.32. The molecule has 1 aromatic rings. The van der Waals surface area contributed by atoms with Crippen LogP contribution in [-0.4, -0.2) is 34.7 Å². The highest BCUT2D eigenvalue weighted by Crippen LogP contribution is 2.01. The monoisotopic (exact) mass is 167 g/mol. The summed E-state index contributed by atoms with van der Waals surface area (Å²) in [5.41, 5.74) is 0.641. The van der Waals surface area contributed by atoms with Crippen LogP contribution in [0.15, 0.2) is 12.3 Å². The first kappa shape index (κ1) is 8.77. The number of aryl methyl sites for hydroxylation is 1. The van der Waals surface area contributed by atoms with Crippen molar-refractivity contribution < 1.29 is 4.79 Å². The molecule has 0 aromatic carbocycles. The second kappa shape index (κ2) is 3.38. The van der Waals surface area contributed by atoms with Crippen molar-refractivity contribution in [3.8, 4) is 0 Å². The Morgan fingerprint density at radius 2 is 2.33 bits per heavy atom. The summed E-state index contributed by atoms with van der Waals surface area (Å²) in [6, 6.07) is 1.73. The Kier molecular flexibility index (Phi) is 2.47. The van der Waals surface area contributed by atoms with E-state index < -0.39 is 0 Å². The largest absolute Gasteiger partial charge is 0.343 e. The highest BCUT2D eigenvalue weighted by Gasteiger charge is 2.11. The molecule has 4 nitrogen and oxygen atoms in total. The van der Waals surface area contributed by atoms with Crippen LogP contribution < -0.4 is 0 Å². The minimum atomic E-state index is -0.00523. The smallest absolute Gasteiger partial charge is 0.271 e. The van der Waals surface area contributed by atoms with Gasteiger partial charge in [0.2, 0.25) is 0 Å². The van der Waals surface area contributed by atoms with Gasteiger partial charge in [0.05, 0.1) is 0 Å². The maximum absolute atomic E-state index is 11.5. The molecule has 0 N–H and O–H groups in total. The molecule has 0 saturated carbocycles. The summed E-state index contributed by atoms with van der Waals surface area (Å²) < 4.78 is 1.68. The van der Waals surface area contributed by atoms with Gasteiger partial charge in [-0.2, -0.15) is 5.10 Å².